The molecule has 0 unspecified atom stereocenters. The maximum Gasteiger partial charge on any atom is 0.0361 e. The van der Waals surface area contributed by atoms with Crippen LogP contribution in [0.2, 0.25) is 0 Å². The summed E-state index contributed by atoms with van der Waals surface area (Å²) >= 11 is 0. The Kier molecular flexibility index (Phi) is 2.95. The van der Waals surface area contributed by atoms with Gasteiger partial charge >= 0.3 is 0 Å². The van der Waals surface area contributed by atoms with Gasteiger partial charge in [-0.1, -0.05) is 36.4 Å². The average Bonchev–Trinajstić information content (AvgIpc) is 2.30. The van der Waals surface area contributed by atoms with Gasteiger partial charge in [-0.3, -0.25) is 0 Å². The minimum atomic E-state index is 1.05. The second kappa shape index (κ2) is 4.40. The zero-order chi connectivity index (χ0) is 11.5. The van der Waals surface area contributed by atoms with Crippen molar-refractivity contribution in [2.24, 2.45) is 0 Å². The fourth-order valence-corrected chi connectivity index (χ4v) is 1.65. The van der Waals surface area contributed by atoms with Crippen LogP contribution < -0.4 is 4.90 Å². The van der Waals surface area contributed by atoms with E-state index in [4.69, 9.17) is 0 Å². The van der Waals surface area contributed by atoms with E-state index in [1.165, 1.54) is 16.8 Å². The predicted molar refractivity (Wildman–Crippen MR) is 70.7 cm³/mol. The number of hydrogen-bond donors (Lipinski definition) is 0. The van der Waals surface area contributed by atoms with Crippen LogP contribution in [0.1, 0.15) is 5.56 Å². The molecule has 1 radical (unpaired) electrons. The van der Waals surface area contributed by atoms with E-state index in [-0.39, 0.29) is 0 Å². The molecule has 0 spiro atoms. The highest BCUT2D eigenvalue weighted by Crippen LogP contribution is 2.22. The van der Waals surface area contributed by atoms with Crippen molar-refractivity contribution in [1.29, 1.82) is 0 Å². The molecule has 0 saturated heterocycles. The SMILES string of the molecule is [CH2]c1ccc(-c2ccc(N(C)C)cc2)cc1. The van der Waals surface area contributed by atoms with Gasteiger partial charge in [0.05, 0.1) is 0 Å². The van der Waals surface area contributed by atoms with Crippen LogP contribution in [0, 0.1) is 6.92 Å². The molecule has 0 fully saturated rings. The van der Waals surface area contributed by atoms with Crippen molar-refractivity contribution in [3.63, 3.8) is 0 Å². The molecule has 0 aliphatic heterocycles. The Morgan fingerprint density at radius 3 is 1.62 bits per heavy atom. The number of nitrogens with zero attached hydrogens (tertiary/aromatic N) is 1. The molecule has 2 aromatic rings. The summed E-state index contributed by atoms with van der Waals surface area (Å²) in [5.41, 5.74) is 4.74. The Hall–Kier alpha value is -1.76. The van der Waals surface area contributed by atoms with E-state index in [1.54, 1.807) is 0 Å². The van der Waals surface area contributed by atoms with Crippen molar-refractivity contribution < 1.29 is 0 Å². The van der Waals surface area contributed by atoms with Gasteiger partial charge in [0.1, 0.15) is 0 Å². The number of hydrogen-bond acceptors (Lipinski definition) is 1. The van der Waals surface area contributed by atoms with E-state index >= 15 is 0 Å². The molecule has 0 saturated carbocycles. The van der Waals surface area contributed by atoms with Crippen LogP contribution in [0.5, 0.6) is 0 Å². The quantitative estimate of drug-likeness (QED) is 0.732. The Balaban J connectivity index is 2.31. The molecule has 2 aromatic carbocycles. The second-order valence-electron chi connectivity index (χ2n) is 4.14. The molecule has 0 aliphatic carbocycles. The molecule has 0 heterocycles. The summed E-state index contributed by atoms with van der Waals surface area (Å²) in [6.45, 7) is 3.89. The number of anilines is 1. The lowest BCUT2D eigenvalue weighted by Gasteiger charge is -2.12. The van der Waals surface area contributed by atoms with E-state index in [0.717, 1.165) is 5.56 Å². The summed E-state index contributed by atoms with van der Waals surface area (Å²) in [4.78, 5) is 2.10. The largest absolute Gasteiger partial charge is 0.378 e. The first-order chi connectivity index (χ1) is 7.66. The van der Waals surface area contributed by atoms with Crippen LogP contribution >= 0.6 is 0 Å². The monoisotopic (exact) mass is 210 g/mol. The lowest BCUT2D eigenvalue weighted by Crippen LogP contribution is -2.07. The minimum Gasteiger partial charge on any atom is -0.378 e. The molecule has 0 amide bonds. The van der Waals surface area contributed by atoms with Crippen LogP contribution in [0.4, 0.5) is 5.69 Å². The number of rotatable bonds is 2. The van der Waals surface area contributed by atoms with Crippen molar-refractivity contribution in [1.82, 2.24) is 0 Å². The smallest absolute Gasteiger partial charge is 0.0361 e. The Bertz CT molecular complexity index is 452. The highest BCUT2D eigenvalue weighted by Gasteiger charge is 1.98. The minimum absolute atomic E-state index is 1.05. The van der Waals surface area contributed by atoms with E-state index in [2.05, 4.69) is 48.2 Å². The van der Waals surface area contributed by atoms with E-state index in [9.17, 15) is 0 Å². The molecular formula is C15H16N. The van der Waals surface area contributed by atoms with Gasteiger partial charge in [0.2, 0.25) is 0 Å². The Morgan fingerprint density at radius 1 is 0.750 bits per heavy atom. The zero-order valence-electron chi connectivity index (χ0n) is 9.77. The van der Waals surface area contributed by atoms with Gasteiger partial charge in [0.25, 0.3) is 0 Å². The van der Waals surface area contributed by atoms with Gasteiger partial charge in [-0.2, -0.15) is 0 Å². The van der Waals surface area contributed by atoms with Crippen molar-refractivity contribution in [3.8, 4) is 11.1 Å². The molecule has 81 valence electrons. The normalized spacial score (nSPS) is 10.2. The third kappa shape index (κ3) is 2.25. The molecule has 0 N–H and O–H groups in total. The van der Waals surface area contributed by atoms with Crippen LogP contribution in [-0.4, -0.2) is 14.1 Å². The first-order valence-corrected chi connectivity index (χ1v) is 5.36. The summed E-state index contributed by atoms with van der Waals surface area (Å²) in [7, 11) is 4.10. The van der Waals surface area contributed by atoms with Crippen LogP contribution in [-0.2, 0) is 0 Å². The van der Waals surface area contributed by atoms with Crippen molar-refractivity contribution in [2.45, 2.75) is 0 Å². The fourth-order valence-electron chi connectivity index (χ4n) is 1.65. The third-order valence-electron chi connectivity index (χ3n) is 2.67. The lowest BCUT2D eigenvalue weighted by atomic mass is 10.0. The molecule has 0 aliphatic rings. The first-order valence-electron chi connectivity index (χ1n) is 5.36. The van der Waals surface area contributed by atoms with Gasteiger partial charge in [0, 0.05) is 19.8 Å². The molecule has 0 aromatic heterocycles. The topological polar surface area (TPSA) is 3.24 Å². The van der Waals surface area contributed by atoms with Crippen molar-refractivity contribution in [2.75, 3.05) is 19.0 Å². The third-order valence-corrected chi connectivity index (χ3v) is 2.67. The van der Waals surface area contributed by atoms with Crippen LogP contribution in [0.25, 0.3) is 11.1 Å². The first kappa shape index (κ1) is 10.7. The molecule has 1 heteroatoms. The summed E-state index contributed by atoms with van der Waals surface area (Å²) < 4.78 is 0. The second-order valence-corrected chi connectivity index (χ2v) is 4.14. The highest BCUT2D eigenvalue weighted by molar-refractivity contribution is 5.66. The predicted octanol–water partition coefficient (Wildman–Crippen LogP) is 3.60. The maximum atomic E-state index is 3.89. The average molecular weight is 210 g/mol. The van der Waals surface area contributed by atoms with Gasteiger partial charge in [-0.05, 0) is 35.7 Å². The fraction of sp³-hybridized carbons (Fsp3) is 0.133. The Labute approximate surface area is 97.3 Å². The maximum absolute atomic E-state index is 3.89. The van der Waals surface area contributed by atoms with E-state index in [0.29, 0.717) is 0 Å². The lowest BCUT2D eigenvalue weighted by molar-refractivity contribution is 1.13. The van der Waals surface area contributed by atoms with Gasteiger partial charge in [0.15, 0.2) is 0 Å². The number of benzene rings is 2. The molecule has 0 bridgehead atoms. The standard InChI is InChI=1S/C15H16N/c1-12-4-6-13(7-5-12)14-8-10-15(11-9-14)16(2)3/h4-11H,1H2,2-3H3. The van der Waals surface area contributed by atoms with E-state index in [1.807, 2.05) is 26.2 Å². The van der Waals surface area contributed by atoms with Crippen LogP contribution in [0.15, 0.2) is 48.5 Å². The highest BCUT2D eigenvalue weighted by atomic mass is 15.1. The van der Waals surface area contributed by atoms with E-state index < -0.39 is 0 Å². The molecule has 2 rings (SSSR count). The van der Waals surface area contributed by atoms with Crippen molar-refractivity contribution in [3.05, 3.63) is 61.0 Å². The summed E-state index contributed by atoms with van der Waals surface area (Å²) in [6.07, 6.45) is 0. The molecule has 1 nitrogen and oxygen atoms in total. The van der Waals surface area contributed by atoms with Gasteiger partial charge < -0.3 is 4.90 Å². The van der Waals surface area contributed by atoms with Gasteiger partial charge in [-0.15, -0.1) is 0 Å². The van der Waals surface area contributed by atoms with Gasteiger partial charge in [-0.25, -0.2) is 0 Å². The Morgan fingerprint density at radius 2 is 1.19 bits per heavy atom. The summed E-state index contributed by atoms with van der Waals surface area (Å²) in [5, 5.41) is 0. The summed E-state index contributed by atoms with van der Waals surface area (Å²) in [5.74, 6) is 0. The van der Waals surface area contributed by atoms with Crippen molar-refractivity contribution >= 4 is 5.69 Å². The molecule has 16 heavy (non-hydrogen) atoms. The molecular weight excluding hydrogens is 194 g/mol. The summed E-state index contributed by atoms with van der Waals surface area (Å²) in [6, 6.07) is 16.8. The zero-order valence-corrected chi connectivity index (χ0v) is 9.77. The van der Waals surface area contributed by atoms with Crippen LogP contribution in [0.3, 0.4) is 0 Å². The molecule has 0 atom stereocenters.